The molecule has 106 valence electrons. The molecular formula is C12H10O6S2. The predicted molar refractivity (Wildman–Crippen MR) is 70.5 cm³/mol. The maximum atomic E-state index is 12.1. The van der Waals surface area contributed by atoms with Crippen molar-refractivity contribution in [1.29, 1.82) is 0 Å². The summed E-state index contributed by atoms with van der Waals surface area (Å²) in [5, 5.41) is 0. The highest BCUT2D eigenvalue weighted by Gasteiger charge is 2.26. The van der Waals surface area contributed by atoms with Crippen molar-refractivity contribution in [2.24, 2.45) is 0 Å². The Kier molecular flexibility index (Phi) is 3.80. The SMILES string of the molecule is O=S(=O)(O)c1ccccc1S(=O)(=O)Oc1ccccc1. The van der Waals surface area contributed by atoms with E-state index in [0.29, 0.717) is 0 Å². The zero-order chi connectivity index (χ0) is 14.8. The van der Waals surface area contributed by atoms with Crippen LogP contribution in [0.5, 0.6) is 5.75 Å². The van der Waals surface area contributed by atoms with E-state index in [2.05, 4.69) is 0 Å². The van der Waals surface area contributed by atoms with Crippen molar-refractivity contribution in [3.05, 3.63) is 54.6 Å². The second-order valence-electron chi connectivity index (χ2n) is 3.77. The summed E-state index contributed by atoms with van der Waals surface area (Å²) in [6.45, 7) is 0. The zero-order valence-corrected chi connectivity index (χ0v) is 11.6. The summed E-state index contributed by atoms with van der Waals surface area (Å²) in [6.07, 6.45) is 0. The third-order valence-corrected chi connectivity index (χ3v) is 4.69. The van der Waals surface area contributed by atoms with Crippen molar-refractivity contribution in [3.63, 3.8) is 0 Å². The molecule has 2 rings (SSSR count). The molecule has 0 saturated carbocycles. The van der Waals surface area contributed by atoms with Crippen LogP contribution in [0.1, 0.15) is 0 Å². The van der Waals surface area contributed by atoms with E-state index in [-0.39, 0.29) is 5.75 Å². The molecule has 0 heterocycles. The van der Waals surface area contributed by atoms with Crippen LogP contribution in [-0.2, 0) is 20.2 Å². The van der Waals surface area contributed by atoms with Crippen LogP contribution in [0.15, 0.2) is 64.4 Å². The molecule has 0 aliphatic rings. The van der Waals surface area contributed by atoms with Crippen LogP contribution in [0.3, 0.4) is 0 Å². The summed E-state index contributed by atoms with van der Waals surface area (Å²) in [5.74, 6) is 0.0395. The minimum atomic E-state index is -4.67. The zero-order valence-electron chi connectivity index (χ0n) is 10.0. The van der Waals surface area contributed by atoms with E-state index < -0.39 is 30.0 Å². The van der Waals surface area contributed by atoms with Gasteiger partial charge < -0.3 is 4.18 Å². The Morgan fingerprint density at radius 3 is 1.80 bits per heavy atom. The van der Waals surface area contributed by atoms with Gasteiger partial charge in [0, 0.05) is 0 Å². The third kappa shape index (κ3) is 3.16. The van der Waals surface area contributed by atoms with Gasteiger partial charge in [-0.1, -0.05) is 30.3 Å². The van der Waals surface area contributed by atoms with Gasteiger partial charge in [0.1, 0.15) is 15.5 Å². The number of rotatable bonds is 4. The fraction of sp³-hybridized carbons (Fsp3) is 0. The average Bonchev–Trinajstić information content (AvgIpc) is 2.38. The van der Waals surface area contributed by atoms with Crippen LogP contribution in [-0.4, -0.2) is 21.4 Å². The molecule has 0 atom stereocenters. The molecule has 20 heavy (non-hydrogen) atoms. The van der Waals surface area contributed by atoms with Crippen molar-refractivity contribution < 1.29 is 25.6 Å². The Hall–Kier alpha value is -1.90. The summed E-state index contributed by atoms with van der Waals surface area (Å²) in [7, 11) is -9.03. The van der Waals surface area contributed by atoms with Crippen LogP contribution in [0.2, 0.25) is 0 Å². The number of hydrogen-bond donors (Lipinski definition) is 1. The Morgan fingerprint density at radius 1 is 0.750 bits per heavy atom. The first-order chi connectivity index (χ1) is 9.31. The molecule has 0 bridgehead atoms. The first-order valence-electron chi connectivity index (χ1n) is 5.37. The Labute approximate surface area is 116 Å². The van der Waals surface area contributed by atoms with E-state index in [1.54, 1.807) is 18.2 Å². The van der Waals surface area contributed by atoms with Crippen LogP contribution in [0.4, 0.5) is 0 Å². The molecule has 0 spiro atoms. The first kappa shape index (κ1) is 14.5. The lowest BCUT2D eigenvalue weighted by Gasteiger charge is -2.09. The van der Waals surface area contributed by atoms with Gasteiger partial charge >= 0.3 is 10.1 Å². The molecule has 0 saturated heterocycles. The predicted octanol–water partition coefficient (Wildman–Crippen LogP) is 1.70. The topological polar surface area (TPSA) is 97.7 Å². The van der Waals surface area contributed by atoms with Gasteiger partial charge in [-0.25, -0.2) is 0 Å². The molecule has 0 aliphatic carbocycles. The second-order valence-corrected chi connectivity index (χ2v) is 6.68. The van der Waals surface area contributed by atoms with Gasteiger partial charge in [0.2, 0.25) is 0 Å². The smallest absolute Gasteiger partial charge is 0.340 e. The fourth-order valence-electron chi connectivity index (χ4n) is 1.52. The molecule has 0 fully saturated rings. The van der Waals surface area contributed by atoms with Gasteiger partial charge in [-0.2, -0.15) is 16.8 Å². The van der Waals surface area contributed by atoms with Gasteiger partial charge in [0.05, 0.1) is 0 Å². The number of para-hydroxylation sites is 1. The fourth-order valence-corrected chi connectivity index (χ4v) is 3.73. The monoisotopic (exact) mass is 314 g/mol. The Bertz CT molecular complexity index is 810. The lowest BCUT2D eigenvalue weighted by molar-refractivity contribution is 0.468. The van der Waals surface area contributed by atoms with E-state index in [0.717, 1.165) is 12.1 Å². The normalized spacial score (nSPS) is 12.1. The minimum Gasteiger partial charge on any atom is -0.379 e. The summed E-state index contributed by atoms with van der Waals surface area (Å²) in [4.78, 5) is -1.35. The van der Waals surface area contributed by atoms with Crippen LogP contribution >= 0.6 is 0 Å². The van der Waals surface area contributed by atoms with Gasteiger partial charge in [-0.15, -0.1) is 0 Å². The van der Waals surface area contributed by atoms with E-state index in [9.17, 15) is 16.8 Å². The van der Waals surface area contributed by atoms with Gasteiger partial charge in [0.15, 0.2) is 0 Å². The van der Waals surface area contributed by atoms with Crippen LogP contribution < -0.4 is 4.18 Å². The lowest BCUT2D eigenvalue weighted by atomic mass is 10.3. The highest BCUT2D eigenvalue weighted by Crippen LogP contribution is 2.24. The summed E-state index contributed by atoms with van der Waals surface area (Å²) in [6, 6.07) is 12.3. The second kappa shape index (κ2) is 5.23. The number of benzene rings is 2. The molecule has 0 unspecified atom stereocenters. The van der Waals surface area contributed by atoms with E-state index in [4.69, 9.17) is 8.74 Å². The van der Waals surface area contributed by atoms with Crippen LogP contribution in [0.25, 0.3) is 0 Å². The summed E-state index contributed by atoms with van der Waals surface area (Å²) in [5.41, 5.74) is 0. The van der Waals surface area contributed by atoms with Crippen molar-refractivity contribution in [3.8, 4) is 5.75 Å². The summed E-state index contributed by atoms with van der Waals surface area (Å²) >= 11 is 0. The molecule has 0 amide bonds. The highest BCUT2D eigenvalue weighted by molar-refractivity contribution is 7.89. The maximum absolute atomic E-state index is 12.1. The average molecular weight is 314 g/mol. The summed E-state index contributed by atoms with van der Waals surface area (Å²) < 4.78 is 60.4. The first-order valence-corrected chi connectivity index (χ1v) is 8.21. The maximum Gasteiger partial charge on any atom is 0.340 e. The molecule has 2 aromatic carbocycles. The molecule has 8 heteroatoms. The van der Waals surface area contributed by atoms with Gasteiger partial charge in [-0.3, -0.25) is 4.55 Å². The van der Waals surface area contributed by atoms with E-state index >= 15 is 0 Å². The number of hydrogen-bond acceptors (Lipinski definition) is 5. The van der Waals surface area contributed by atoms with Crippen molar-refractivity contribution >= 4 is 20.2 Å². The lowest BCUT2D eigenvalue weighted by Crippen LogP contribution is -2.14. The molecular weight excluding hydrogens is 304 g/mol. The third-order valence-electron chi connectivity index (χ3n) is 2.35. The molecule has 0 aromatic heterocycles. The minimum absolute atomic E-state index is 0.0395. The van der Waals surface area contributed by atoms with Crippen molar-refractivity contribution in [2.45, 2.75) is 9.79 Å². The van der Waals surface area contributed by atoms with Crippen molar-refractivity contribution in [1.82, 2.24) is 0 Å². The standard InChI is InChI=1S/C12H10O6S2/c13-19(14,15)11-8-4-5-9-12(11)20(16,17)18-10-6-2-1-3-7-10/h1-9H,(H,13,14,15). The van der Waals surface area contributed by atoms with Gasteiger partial charge in [0.25, 0.3) is 10.1 Å². The molecule has 1 N–H and O–H groups in total. The molecule has 2 aromatic rings. The Balaban J connectivity index is 2.51. The van der Waals surface area contributed by atoms with Crippen LogP contribution in [0, 0.1) is 0 Å². The quantitative estimate of drug-likeness (QED) is 0.681. The van der Waals surface area contributed by atoms with Crippen molar-refractivity contribution in [2.75, 3.05) is 0 Å². The molecule has 0 radical (unpaired) electrons. The Morgan fingerprint density at radius 2 is 1.25 bits per heavy atom. The van der Waals surface area contributed by atoms with Gasteiger partial charge in [-0.05, 0) is 24.3 Å². The molecule has 6 nitrogen and oxygen atoms in total. The van der Waals surface area contributed by atoms with E-state index in [1.165, 1.54) is 24.3 Å². The largest absolute Gasteiger partial charge is 0.379 e. The molecule has 0 aliphatic heterocycles. The highest BCUT2D eigenvalue weighted by atomic mass is 32.2. The van der Waals surface area contributed by atoms with E-state index in [1.807, 2.05) is 0 Å².